The smallest absolute Gasteiger partial charge is 0.337 e. The molecule has 2 aromatic rings. The van der Waals surface area contributed by atoms with Gasteiger partial charge in [0.25, 0.3) is 0 Å². The molecule has 0 spiro atoms. The number of hydrogen-bond acceptors (Lipinski definition) is 6. The van der Waals surface area contributed by atoms with Crippen LogP contribution in [-0.2, 0) is 30.5 Å². The van der Waals surface area contributed by atoms with E-state index < -0.39 is 35.4 Å². The van der Waals surface area contributed by atoms with Crippen LogP contribution in [0.15, 0.2) is 77.1 Å². The third-order valence-electron chi connectivity index (χ3n) is 6.39. The number of carbonyl (C=O) groups excluding carboxylic acids is 3. The molecule has 34 heavy (non-hydrogen) atoms. The zero-order valence-corrected chi connectivity index (χ0v) is 19.3. The van der Waals surface area contributed by atoms with Gasteiger partial charge in [-0.05, 0) is 30.9 Å². The van der Waals surface area contributed by atoms with Crippen LogP contribution in [0.5, 0.6) is 0 Å². The van der Waals surface area contributed by atoms with Gasteiger partial charge in [0.05, 0.1) is 18.6 Å². The fourth-order valence-electron chi connectivity index (χ4n) is 4.77. The molecule has 0 radical (unpaired) electrons. The first-order chi connectivity index (χ1) is 16.3. The molecule has 0 saturated carbocycles. The minimum atomic E-state index is -1.03. The number of ether oxygens (including phenoxy) is 2. The van der Waals surface area contributed by atoms with E-state index in [1.807, 2.05) is 30.3 Å². The molecular weight excluding hydrogens is 437 g/mol. The predicted molar refractivity (Wildman–Crippen MR) is 123 cm³/mol. The fraction of sp³-hybridized carbons (Fsp3) is 0.296. The lowest BCUT2D eigenvalue weighted by molar-refractivity contribution is -0.151. The molecule has 0 fully saturated rings. The summed E-state index contributed by atoms with van der Waals surface area (Å²) in [4.78, 5) is 39.4. The summed E-state index contributed by atoms with van der Waals surface area (Å²) >= 11 is 0. The van der Waals surface area contributed by atoms with Crippen LogP contribution in [0.3, 0.4) is 0 Å². The molecule has 0 aromatic heterocycles. The van der Waals surface area contributed by atoms with Gasteiger partial charge in [0.2, 0.25) is 0 Å². The lowest BCUT2D eigenvalue weighted by Crippen LogP contribution is -2.43. The topological polar surface area (TPSA) is 81.7 Å². The van der Waals surface area contributed by atoms with Crippen LogP contribution in [0.25, 0.3) is 0 Å². The number of nitrogens with one attached hydrogen (secondary N) is 1. The molecule has 0 bridgehead atoms. The third kappa shape index (κ3) is 4.25. The van der Waals surface area contributed by atoms with E-state index in [0.29, 0.717) is 17.8 Å². The number of methoxy groups -OCH3 is 1. The van der Waals surface area contributed by atoms with Crippen molar-refractivity contribution in [2.24, 2.45) is 11.8 Å². The molecule has 1 aliphatic heterocycles. The number of carbonyl (C=O) groups is 3. The summed E-state index contributed by atoms with van der Waals surface area (Å²) in [5.74, 6) is -4.67. The van der Waals surface area contributed by atoms with Crippen molar-refractivity contribution < 1.29 is 28.2 Å². The fourth-order valence-corrected chi connectivity index (χ4v) is 4.77. The van der Waals surface area contributed by atoms with Gasteiger partial charge in [-0.25, -0.2) is 9.18 Å². The van der Waals surface area contributed by atoms with Gasteiger partial charge in [0.1, 0.15) is 18.3 Å². The average Bonchev–Trinajstić information content (AvgIpc) is 2.82. The largest absolute Gasteiger partial charge is 0.468 e. The molecule has 0 saturated heterocycles. The van der Waals surface area contributed by atoms with Gasteiger partial charge in [-0.3, -0.25) is 9.59 Å². The highest BCUT2D eigenvalue weighted by Crippen LogP contribution is 2.46. The molecule has 4 rings (SSSR count). The third-order valence-corrected chi connectivity index (χ3v) is 6.39. The number of rotatable bonds is 5. The maximum atomic E-state index is 15.1. The molecule has 1 heterocycles. The van der Waals surface area contributed by atoms with Crippen molar-refractivity contribution in [3.63, 3.8) is 0 Å². The molecule has 2 aliphatic rings. The molecule has 6 nitrogen and oxygen atoms in total. The SMILES string of the molecule is COC(=O)[C@H]1C(=O)C2=C(C[C@H]1C)NC(C)=C(C(=O)OCc1ccccc1)[C@@H]2c1ccccc1F. The second-order valence-electron chi connectivity index (χ2n) is 8.62. The lowest BCUT2D eigenvalue weighted by Gasteiger charge is -2.38. The molecule has 0 amide bonds. The van der Waals surface area contributed by atoms with E-state index in [4.69, 9.17) is 9.47 Å². The van der Waals surface area contributed by atoms with Crippen LogP contribution >= 0.6 is 0 Å². The van der Waals surface area contributed by atoms with Crippen LogP contribution in [0.1, 0.15) is 37.3 Å². The summed E-state index contributed by atoms with van der Waals surface area (Å²) < 4.78 is 25.5. The predicted octanol–water partition coefficient (Wildman–Crippen LogP) is 4.18. The van der Waals surface area contributed by atoms with E-state index in [2.05, 4.69) is 5.32 Å². The standard InChI is InChI=1S/C27H26FNO5/c1-15-13-20-24(25(30)21(15)26(31)33-3)23(18-11-7-8-12-19(18)28)22(16(2)29-20)27(32)34-14-17-9-5-4-6-10-17/h4-12,15,21,23,29H,13-14H2,1-3H3/t15-,21-,23+/m1/s1. The van der Waals surface area contributed by atoms with Crippen molar-refractivity contribution in [3.05, 3.63) is 94.1 Å². The van der Waals surface area contributed by atoms with Crippen LogP contribution in [0.4, 0.5) is 4.39 Å². The summed E-state index contributed by atoms with van der Waals surface area (Å²) in [6, 6.07) is 15.2. The van der Waals surface area contributed by atoms with E-state index in [9.17, 15) is 14.4 Å². The maximum Gasteiger partial charge on any atom is 0.337 e. The number of dihydropyridines is 1. The number of ketones is 1. The Hall–Kier alpha value is -3.74. The highest BCUT2D eigenvalue weighted by atomic mass is 19.1. The van der Waals surface area contributed by atoms with Gasteiger partial charge in [0.15, 0.2) is 5.78 Å². The van der Waals surface area contributed by atoms with E-state index in [0.717, 1.165) is 5.56 Å². The minimum absolute atomic E-state index is 0.0299. The van der Waals surface area contributed by atoms with Gasteiger partial charge < -0.3 is 14.8 Å². The van der Waals surface area contributed by atoms with Crippen LogP contribution in [-0.4, -0.2) is 24.8 Å². The van der Waals surface area contributed by atoms with Gasteiger partial charge in [0, 0.05) is 22.5 Å². The normalized spacial score (nSPS) is 22.1. The van der Waals surface area contributed by atoms with Crippen molar-refractivity contribution in [3.8, 4) is 0 Å². The lowest BCUT2D eigenvalue weighted by atomic mass is 9.69. The van der Waals surface area contributed by atoms with Gasteiger partial charge in [-0.15, -0.1) is 0 Å². The van der Waals surface area contributed by atoms with Crippen LogP contribution in [0, 0.1) is 17.7 Å². The van der Waals surface area contributed by atoms with E-state index in [1.54, 1.807) is 32.0 Å². The second kappa shape index (κ2) is 9.63. The van der Waals surface area contributed by atoms with Gasteiger partial charge >= 0.3 is 11.9 Å². The Morgan fingerprint density at radius 1 is 1.09 bits per heavy atom. The first kappa shape index (κ1) is 23.4. The average molecular weight is 464 g/mol. The number of hydrogen-bond donors (Lipinski definition) is 1. The number of allylic oxidation sites excluding steroid dienone is 3. The summed E-state index contributed by atoms with van der Waals surface area (Å²) in [6.07, 6.45) is 0.384. The highest BCUT2D eigenvalue weighted by Gasteiger charge is 2.47. The number of halogens is 1. The summed E-state index contributed by atoms with van der Waals surface area (Å²) in [5, 5.41) is 3.17. The van der Waals surface area contributed by atoms with E-state index in [-0.39, 0.29) is 29.2 Å². The van der Waals surface area contributed by atoms with Crippen molar-refractivity contribution in [2.45, 2.75) is 32.8 Å². The molecule has 176 valence electrons. The first-order valence-electron chi connectivity index (χ1n) is 11.1. The summed E-state index contributed by atoms with van der Waals surface area (Å²) in [5.41, 5.74) is 2.40. The Balaban J connectivity index is 1.78. The Kier molecular flexibility index (Phi) is 6.63. The zero-order valence-electron chi connectivity index (χ0n) is 19.3. The van der Waals surface area contributed by atoms with Gasteiger partial charge in [-0.2, -0.15) is 0 Å². The Bertz CT molecular complexity index is 1200. The van der Waals surface area contributed by atoms with E-state index in [1.165, 1.54) is 13.2 Å². The maximum absolute atomic E-state index is 15.1. The molecule has 0 unspecified atom stereocenters. The molecule has 1 N–H and O–H groups in total. The molecule has 2 aromatic carbocycles. The Labute approximate surface area is 197 Å². The van der Waals surface area contributed by atoms with Crippen molar-refractivity contribution in [1.82, 2.24) is 5.32 Å². The highest BCUT2D eigenvalue weighted by molar-refractivity contribution is 6.12. The van der Waals surface area contributed by atoms with E-state index >= 15 is 4.39 Å². The van der Waals surface area contributed by atoms with Crippen LogP contribution < -0.4 is 5.32 Å². The summed E-state index contributed by atoms with van der Waals surface area (Å²) in [7, 11) is 1.23. The number of benzene rings is 2. The van der Waals surface area contributed by atoms with Crippen LogP contribution in [0.2, 0.25) is 0 Å². The van der Waals surface area contributed by atoms with Crippen molar-refractivity contribution in [1.29, 1.82) is 0 Å². The Morgan fingerprint density at radius 2 is 1.76 bits per heavy atom. The molecule has 1 aliphatic carbocycles. The molecule has 7 heteroatoms. The number of Topliss-reactive ketones (excluding diaryl/α,β-unsaturated/α-hetero) is 1. The Morgan fingerprint density at radius 3 is 2.44 bits per heavy atom. The zero-order chi connectivity index (χ0) is 24.4. The monoisotopic (exact) mass is 463 g/mol. The quantitative estimate of drug-likeness (QED) is 0.529. The van der Waals surface area contributed by atoms with Gasteiger partial charge in [-0.1, -0.05) is 55.5 Å². The minimum Gasteiger partial charge on any atom is -0.468 e. The second-order valence-corrected chi connectivity index (χ2v) is 8.62. The van der Waals surface area contributed by atoms with Crippen molar-refractivity contribution >= 4 is 17.7 Å². The molecular formula is C27H26FNO5. The summed E-state index contributed by atoms with van der Waals surface area (Å²) in [6.45, 7) is 3.53. The number of esters is 2. The molecule has 3 atom stereocenters. The first-order valence-corrected chi connectivity index (χ1v) is 11.1. The van der Waals surface area contributed by atoms with Crippen molar-refractivity contribution in [2.75, 3.05) is 7.11 Å².